The third-order valence-electron chi connectivity index (χ3n) is 3.30. The van der Waals surface area contributed by atoms with E-state index in [9.17, 15) is 13.2 Å². The number of carbonyl (C=O) groups excluding carboxylic acids is 1. The molecule has 0 aromatic heterocycles. The number of benzene rings is 1. The van der Waals surface area contributed by atoms with Crippen LogP contribution in [-0.4, -0.2) is 52.4 Å². The molecule has 1 aliphatic heterocycles. The van der Waals surface area contributed by atoms with Gasteiger partial charge in [0.1, 0.15) is 0 Å². The molecule has 1 aromatic rings. The van der Waals surface area contributed by atoms with E-state index in [2.05, 4.69) is 10.6 Å². The van der Waals surface area contributed by atoms with Gasteiger partial charge in [-0.3, -0.25) is 4.79 Å². The molecule has 6 nitrogen and oxygen atoms in total. The SMILES string of the molecule is O=C(CC1COCCN1)NCCS(=O)(=O)c1ccc(Cl)cc1. The van der Waals surface area contributed by atoms with Gasteiger partial charge in [0.15, 0.2) is 9.84 Å². The van der Waals surface area contributed by atoms with Gasteiger partial charge in [-0.05, 0) is 24.3 Å². The van der Waals surface area contributed by atoms with Crippen molar-refractivity contribution in [1.82, 2.24) is 10.6 Å². The van der Waals surface area contributed by atoms with E-state index in [4.69, 9.17) is 16.3 Å². The number of ether oxygens (including phenoxy) is 1. The molecular weight excluding hydrogens is 328 g/mol. The molecule has 1 unspecified atom stereocenters. The van der Waals surface area contributed by atoms with Crippen LogP contribution in [0.4, 0.5) is 0 Å². The molecule has 1 saturated heterocycles. The van der Waals surface area contributed by atoms with Crippen molar-refractivity contribution in [1.29, 1.82) is 0 Å². The molecule has 1 amide bonds. The van der Waals surface area contributed by atoms with Crippen molar-refractivity contribution in [3.05, 3.63) is 29.3 Å². The summed E-state index contributed by atoms with van der Waals surface area (Å²) in [6, 6.07) is 5.97. The molecule has 0 spiro atoms. The highest BCUT2D eigenvalue weighted by Gasteiger charge is 2.18. The average Bonchev–Trinajstić information content (AvgIpc) is 2.48. The van der Waals surface area contributed by atoms with Crippen molar-refractivity contribution in [2.45, 2.75) is 17.4 Å². The van der Waals surface area contributed by atoms with Crippen molar-refractivity contribution >= 4 is 27.3 Å². The summed E-state index contributed by atoms with van der Waals surface area (Å²) in [5.74, 6) is -0.330. The highest BCUT2D eigenvalue weighted by Crippen LogP contribution is 2.15. The van der Waals surface area contributed by atoms with Gasteiger partial charge in [0.05, 0.1) is 23.9 Å². The van der Waals surface area contributed by atoms with Crippen LogP contribution in [0.2, 0.25) is 5.02 Å². The van der Waals surface area contributed by atoms with Crippen molar-refractivity contribution in [3.8, 4) is 0 Å². The van der Waals surface area contributed by atoms with Gasteiger partial charge >= 0.3 is 0 Å². The maximum absolute atomic E-state index is 12.1. The third-order valence-corrected chi connectivity index (χ3v) is 5.28. The van der Waals surface area contributed by atoms with Crippen molar-refractivity contribution < 1.29 is 17.9 Å². The Bertz CT molecular complexity index is 598. The Balaban J connectivity index is 1.77. The van der Waals surface area contributed by atoms with Crippen LogP contribution in [0.15, 0.2) is 29.2 Å². The van der Waals surface area contributed by atoms with Gasteiger partial charge in [-0.25, -0.2) is 8.42 Å². The number of hydrogen-bond acceptors (Lipinski definition) is 5. The topological polar surface area (TPSA) is 84.5 Å². The first-order valence-electron chi connectivity index (χ1n) is 7.03. The lowest BCUT2D eigenvalue weighted by molar-refractivity contribution is -0.122. The minimum absolute atomic E-state index is 0.0124. The first-order chi connectivity index (χ1) is 10.5. The van der Waals surface area contributed by atoms with Gasteiger partial charge in [-0.2, -0.15) is 0 Å². The largest absolute Gasteiger partial charge is 0.378 e. The molecule has 1 aromatic carbocycles. The van der Waals surface area contributed by atoms with Crippen LogP contribution >= 0.6 is 11.6 Å². The Morgan fingerprint density at radius 3 is 2.73 bits per heavy atom. The number of amides is 1. The lowest BCUT2D eigenvalue weighted by Gasteiger charge is -2.23. The van der Waals surface area contributed by atoms with E-state index in [1.807, 2.05) is 0 Å². The predicted molar refractivity (Wildman–Crippen MR) is 83.7 cm³/mol. The molecule has 2 rings (SSSR count). The van der Waals surface area contributed by atoms with Crippen molar-refractivity contribution in [2.24, 2.45) is 0 Å². The van der Waals surface area contributed by atoms with E-state index < -0.39 is 9.84 Å². The molecule has 0 saturated carbocycles. The molecule has 0 radical (unpaired) electrons. The molecule has 8 heteroatoms. The summed E-state index contributed by atoms with van der Waals surface area (Å²) in [7, 11) is -3.42. The van der Waals surface area contributed by atoms with Gasteiger partial charge in [0.25, 0.3) is 0 Å². The molecule has 1 heterocycles. The van der Waals surface area contributed by atoms with E-state index in [-0.39, 0.29) is 35.6 Å². The first kappa shape index (κ1) is 17.2. The molecule has 0 aliphatic carbocycles. The lowest BCUT2D eigenvalue weighted by Crippen LogP contribution is -2.44. The Kier molecular flexibility index (Phi) is 6.19. The Morgan fingerprint density at radius 1 is 1.36 bits per heavy atom. The summed E-state index contributed by atoms with van der Waals surface area (Å²) in [6.45, 7) is 1.95. The van der Waals surface area contributed by atoms with E-state index >= 15 is 0 Å². The number of rotatable bonds is 6. The van der Waals surface area contributed by atoms with Gasteiger partial charge in [0.2, 0.25) is 5.91 Å². The second kappa shape index (κ2) is 7.92. The van der Waals surface area contributed by atoms with Crippen molar-refractivity contribution in [2.75, 3.05) is 32.1 Å². The summed E-state index contributed by atoms with van der Waals surface area (Å²) < 4.78 is 29.4. The second-order valence-electron chi connectivity index (χ2n) is 5.05. The summed E-state index contributed by atoms with van der Waals surface area (Å²) in [5, 5.41) is 6.28. The number of nitrogens with one attached hydrogen (secondary N) is 2. The van der Waals surface area contributed by atoms with E-state index in [0.29, 0.717) is 18.2 Å². The zero-order valence-electron chi connectivity index (χ0n) is 12.0. The van der Waals surface area contributed by atoms with Gasteiger partial charge in [-0.15, -0.1) is 0 Å². The fraction of sp³-hybridized carbons (Fsp3) is 0.500. The smallest absolute Gasteiger partial charge is 0.221 e. The molecule has 22 heavy (non-hydrogen) atoms. The normalized spacial score (nSPS) is 18.9. The molecule has 1 atom stereocenters. The predicted octanol–water partition coefficient (Wildman–Crippen LogP) is 0.608. The Morgan fingerprint density at radius 2 is 2.09 bits per heavy atom. The summed E-state index contributed by atoms with van der Waals surface area (Å²) in [5.41, 5.74) is 0. The van der Waals surface area contributed by atoms with Gasteiger partial charge in [0, 0.05) is 30.6 Å². The Hall–Kier alpha value is -1.15. The summed E-state index contributed by atoms with van der Waals surface area (Å²) in [4.78, 5) is 12.0. The van der Waals surface area contributed by atoms with Crippen LogP contribution in [0.25, 0.3) is 0 Å². The fourth-order valence-electron chi connectivity index (χ4n) is 2.13. The molecular formula is C14H19ClN2O4S. The highest BCUT2D eigenvalue weighted by molar-refractivity contribution is 7.91. The summed E-state index contributed by atoms with van der Waals surface area (Å²) in [6.07, 6.45) is 0.279. The van der Waals surface area contributed by atoms with Gasteiger partial charge < -0.3 is 15.4 Å². The monoisotopic (exact) mass is 346 g/mol. The minimum atomic E-state index is -3.42. The molecule has 1 fully saturated rings. The Labute approximate surface area is 135 Å². The highest BCUT2D eigenvalue weighted by atomic mass is 35.5. The molecule has 2 N–H and O–H groups in total. The molecule has 122 valence electrons. The van der Waals surface area contributed by atoms with Crippen LogP contribution in [0.5, 0.6) is 0 Å². The van der Waals surface area contributed by atoms with Crippen LogP contribution < -0.4 is 10.6 Å². The number of sulfone groups is 1. The maximum Gasteiger partial charge on any atom is 0.221 e. The number of halogens is 1. The zero-order chi connectivity index (χ0) is 16.0. The van der Waals surface area contributed by atoms with Crippen LogP contribution in [0.1, 0.15) is 6.42 Å². The van der Waals surface area contributed by atoms with E-state index in [0.717, 1.165) is 6.54 Å². The number of carbonyl (C=O) groups is 1. The van der Waals surface area contributed by atoms with Crippen LogP contribution in [-0.2, 0) is 19.4 Å². The van der Waals surface area contributed by atoms with E-state index in [1.165, 1.54) is 24.3 Å². The minimum Gasteiger partial charge on any atom is -0.378 e. The van der Waals surface area contributed by atoms with E-state index in [1.54, 1.807) is 0 Å². The molecule has 1 aliphatic rings. The van der Waals surface area contributed by atoms with Gasteiger partial charge in [-0.1, -0.05) is 11.6 Å². The number of morpholine rings is 1. The van der Waals surface area contributed by atoms with Crippen LogP contribution in [0.3, 0.4) is 0 Å². The second-order valence-corrected chi connectivity index (χ2v) is 7.60. The average molecular weight is 347 g/mol. The summed E-state index contributed by atoms with van der Waals surface area (Å²) >= 11 is 5.73. The van der Waals surface area contributed by atoms with Crippen LogP contribution in [0, 0.1) is 0 Å². The lowest BCUT2D eigenvalue weighted by atomic mass is 10.2. The zero-order valence-corrected chi connectivity index (χ0v) is 13.6. The number of hydrogen-bond donors (Lipinski definition) is 2. The fourth-order valence-corrected chi connectivity index (χ4v) is 3.41. The van der Waals surface area contributed by atoms with Crippen molar-refractivity contribution in [3.63, 3.8) is 0 Å². The quantitative estimate of drug-likeness (QED) is 0.788. The standard InChI is InChI=1S/C14H19ClN2O4S/c15-11-1-3-13(4-2-11)22(19,20)8-6-17-14(18)9-12-10-21-7-5-16-12/h1-4,12,16H,5-10H2,(H,17,18). The first-order valence-corrected chi connectivity index (χ1v) is 9.06. The third kappa shape index (κ3) is 5.24. The maximum atomic E-state index is 12.1. The molecule has 0 bridgehead atoms.